The maximum Gasteiger partial charge on any atom is 0.357 e. The molecule has 9 heteroatoms. The summed E-state index contributed by atoms with van der Waals surface area (Å²) in [6, 6.07) is 4.94. The predicted octanol–water partition coefficient (Wildman–Crippen LogP) is 1.72. The number of aromatic nitrogens is 3. The van der Waals surface area contributed by atoms with Crippen LogP contribution in [0.3, 0.4) is 0 Å². The number of nitrogens with one attached hydrogen (secondary N) is 1. The number of likely N-dealkylation sites (N-methyl/N-ethyl adjacent to an activating group) is 1. The zero-order valence-corrected chi connectivity index (χ0v) is 16.2. The molecule has 0 spiro atoms. The number of esters is 1. The zero-order chi connectivity index (χ0) is 19.7. The summed E-state index contributed by atoms with van der Waals surface area (Å²) in [5, 5.41) is 0.456. The van der Waals surface area contributed by atoms with Gasteiger partial charge in [-0.3, -0.25) is 14.2 Å². The minimum absolute atomic E-state index is 0.0156. The number of H-pyrrole nitrogens is 1. The molecule has 144 valence electrons. The van der Waals surface area contributed by atoms with E-state index in [1.54, 1.807) is 18.2 Å². The summed E-state index contributed by atoms with van der Waals surface area (Å²) in [6.45, 7) is 3.05. The van der Waals surface area contributed by atoms with Crippen molar-refractivity contribution in [2.24, 2.45) is 0 Å². The van der Waals surface area contributed by atoms with Crippen LogP contribution in [0.2, 0.25) is 5.02 Å². The number of nitrogens with zero attached hydrogens (tertiary/aromatic N) is 3. The molecule has 3 aromatic rings. The van der Waals surface area contributed by atoms with Gasteiger partial charge in [-0.15, -0.1) is 0 Å². The van der Waals surface area contributed by atoms with Crippen LogP contribution in [0.5, 0.6) is 0 Å². The highest BCUT2D eigenvalue weighted by atomic mass is 35.5. The van der Waals surface area contributed by atoms with Gasteiger partial charge in [-0.1, -0.05) is 18.5 Å². The van der Waals surface area contributed by atoms with Gasteiger partial charge >= 0.3 is 11.7 Å². The molecule has 0 radical (unpaired) electrons. The average Bonchev–Trinajstić information content (AvgIpc) is 2.96. The fourth-order valence-electron chi connectivity index (χ4n) is 2.99. The molecular formula is C18H21ClN4O4. The largest absolute Gasteiger partial charge is 0.460 e. The van der Waals surface area contributed by atoms with Crippen molar-refractivity contribution >= 4 is 34.1 Å². The van der Waals surface area contributed by atoms with E-state index in [1.807, 2.05) is 25.9 Å². The summed E-state index contributed by atoms with van der Waals surface area (Å²) in [5.41, 5.74) is -0.128. The summed E-state index contributed by atoms with van der Waals surface area (Å²) in [4.78, 5) is 42.4. The van der Waals surface area contributed by atoms with Crippen LogP contribution in [0.4, 0.5) is 0 Å². The number of hydrogen-bond acceptors (Lipinski definition) is 5. The SMILES string of the molecule is CCCn1c(=O)c2c(C(=O)OCCN(C)C)[nH]c(=O)n2c2ccc(Cl)cc21. The van der Waals surface area contributed by atoms with Crippen LogP contribution in [-0.4, -0.2) is 52.1 Å². The number of benzene rings is 1. The molecule has 0 bridgehead atoms. The first kappa shape index (κ1) is 19.2. The number of hydrogen-bond donors (Lipinski definition) is 1. The number of rotatable bonds is 6. The van der Waals surface area contributed by atoms with Gasteiger partial charge in [0.2, 0.25) is 0 Å². The number of carbonyl (C=O) groups excluding carboxylic acids is 1. The van der Waals surface area contributed by atoms with Gasteiger partial charge in [0.25, 0.3) is 5.56 Å². The number of aromatic amines is 1. The van der Waals surface area contributed by atoms with E-state index in [4.69, 9.17) is 16.3 Å². The third kappa shape index (κ3) is 3.50. The number of ether oxygens (including phenoxy) is 1. The van der Waals surface area contributed by atoms with Gasteiger partial charge in [0.05, 0.1) is 11.0 Å². The average molecular weight is 393 g/mol. The van der Waals surface area contributed by atoms with Crippen LogP contribution in [0, 0.1) is 0 Å². The molecule has 2 heterocycles. The number of halogens is 1. The lowest BCUT2D eigenvalue weighted by atomic mass is 10.2. The van der Waals surface area contributed by atoms with Crippen molar-refractivity contribution in [1.29, 1.82) is 0 Å². The van der Waals surface area contributed by atoms with E-state index in [9.17, 15) is 14.4 Å². The minimum Gasteiger partial charge on any atom is -0.460 e. The van der Waals surface area contributed by atoms with Crippen LogP contribution < -0.4 is 11.2 Å². The molecule has 1 N–H and O–H groups in total. The van der Waals surface area contributed by atoms with Gasteiger partial charge < -0.3 is 14.2 Å². The molecule has 0 aliphatic heterocycles. The molecule has 8 nitrogen and oxygen atoms in total. The molecule has 0 fully saturated rings. The molecule has 0 saturated heterocycles. The highest BCUT2D eigenvalue weighted by Crippen LogP contribution is 2.20. The first-order chi connectivity index (χ1) is 12.8. The van der Waals surface area contributed by atoms with Gasteiger partial charge in [-0.25, -0.2) is 9.59 Å². The summed E-state index contributed by atoms with van der Waals surface area (Å²) in [5.74, 6) is -0.732. The normalized spacial score (nSPS) is 11.6. The van der Waals surface area contributed by atoms with E-state index in [-0.39, 0.29) is 17.8 Å². The van der Waals surface area contributed by atoms with Crippen molar-refractivity contribution in [3.8, 4) is 0 Å². The Labute approximate surface area is 159 Å². The van der Waals surface area contributed by atoms with Crippen LogP contribution >= 0.6 is 11.6 Å². The van der Waals surface area contributed by atoms with Crippen LogP contribution in [-0.2, 0) is 11.3 Å². The Morgan fingerprint density at radius 1 is 1.26 bits per heavy atom. The van der Waals surface area contributed by atoms with Crippen molar-refractivity contribution < 1.29 is 9.53 Å². The maximum absolute atomic E-state index is 13.1. The molecule has 0 saturated carbocycles. The Kier molecular flexibility index (Phi) is 5.38. The van der Waals surface area contributed by atoms with Crippen LogP contribution in [0.1, 0.15) is 23.8 Å². The monoisotopic (exact) mass is 392 g/mol. The van der Waals surface area contributed by atoms with Crippen molar-refractivity contribution in [3.05, 3.63) is 49.8 Å². The fraction of sp³-hybridized carbons (Fsp3) is 0.389. The van der Waals surface area contributed by atoms with E-state index < -0.39 is 17.2 Å². The van der Waals surface area contributed by atoms with Crippen molar-refractivity contribution in [3.63, 3.8) is 0 Å². The van der Waals surface area contributed by atoms with Gasteiger partial charge in [0.15, 0.2) is 5.69 Å². The fourth-order valence-corrected chi connectivity index (χ4v) is 3.16. The van der Waals surface area contributed by atoms with Crippen molar-refractivity contribution in [2.45, 2.75) is 19.9 Å². The number of aryl methyl sites for hydroxylation is 1. The van der Waals surface area contributed by atoms with E-state index in [0.29, 0.717) is 35.6 Å². The zero-order valence-electron chi connectivity index (χ0n) is 15.4. The third-order valence-electron chi connectivity index (χ3n) is 4.24. The van der Waals surface area contributed by atoms with E-state index in [1.165, 1.54) is 8.97 Å². The second-order valence-corrected chi connectivity index (χ2v) is 6.95. The molecule has 0 atom stereocenters. The van der Waals surface area contributed by atoms with Crippen molar-refractivity contribution in [2.75, 3.05) is 27.2 Å². The van der Waals surface area contributed by atoms with Crippen LogP contribution in [0.25, 0.3) is 16.6 Å². The lowest BCUT2D eigenvalue weighted by Crippen LogP contribution is -2.26. The third-order valence-corrected chi connectivity index (χ3v) is 4.47. The second kappa shape index (κ2) is 7.58. The van der Waals surface area contributed by atoms with E-state index in [2.05, 4.69) is 4.98 Å². The number of carbonyl (C=O) groups is 1. The molecular weight excluding hydrogens is 372 g/mol. The van der Waals surface area contributed by atoms with E-state index in [0.717, 1.165) is 0 Å². The topological polar surface area (TPSA) is 88.8 Å². The lowest BCUT2D eigenvalue weighted by Gasteiger charge is -2.12. The van der Waals surface area contributed by atoms with Gasteiger partial charge in [0, 0.05) is 18.1 Å². The second-order valence-electron chi connectivity index (χ2n) is 6.52. The number of imidazole rings is 1. The Morgan fingerprint density at radius 2 is 2.00 bits per heavy atom. The Balaban J connectivity index is 2.25. The first-order valence-corrected chi connectivity index (χ1v) is 9.01. The quantitative estimate of drug-likeness (QED) is 0.645. The lowest BCUT2D eigenvalue weighted by molar-refractivity contribution is 0.0477. The molecule has 27 heavy (non-hydrogen) atoms. The highest BCUT2D eigenvalue weighted by Gasteiger charge is 2.23. The van der Waals surface area contributed by atoms with Gasteiger partial charge in [-0.05, 0) is 38.7 Å². The van der Waals surface area contributed by atoms with Gasteiger partial charge in [-0.2, -0.15) is 0 Å². The Morgan fingerprint density at radius 3 is 2.67 bits per heavy atom. The molecule has 2 aromatic heterocycles. The van der Waals surface area contributed by atoms with Crippen LogP contribution in [0.15, 0.2) is 27.8 Å². The number of fused-ring (bicyclic) bond motifs is 3. The molecule has 0 unspecified atom stereocenters. The summed E-state index contributed by atoms with van der Waals surface area (Å²) in [7, 11) is 3.70. The minimum atomic E-state index is -0.732. The standard InChI is InChI=1S/C18H21ClN4O4/c1-4-7-22-13-10-11(19)5-6-12(13)23-15(16(22)24)14(20-18(23)26)17(25)27-9-8-21(2)3/h5-6,10H,4,7-9H2,1-3H3,(H,20,26). The Bertz CT molecular complexity index is 1130. The van der Waals surface area contributed by atoms with Gasteiger partial charge in [0.1, 0.15) is 12.1 Å². The maximum atomic E-state index is 13.1. The smallest absolute Gasteiger partial charge is 0.357 e. The molecule has 1 aromatic carbocycles. The molecule has 0 aliphatic carbocycles. The van der Waals surface area contributed by atoms with E-state index >= 15 is 0 Å². The first-order valence-electron chi connectivity index (χ1n) is 8.63. The predicted molar refractivity (Wildman–Crippen MR) is 104 cm³/mol. The summed E-state index contributed by atoms with van der Waals surface area (Å²) in [6.07, 6.45) is 0.703. The summed E-state index contributed by atoms with van der Waals surface area (Å²) < 4.78 is 7.95. The molecule has 0 aliphatic rings. The summed E-state index contributed by atoms with van der Waals surface area (Å²) >= 11 is 6.08. The Hall–Kier alpha value is -2.58. The highest BCUT2D eigenvalue weighted by molar-refractivity contribution is 6.31. The molecule has 3 rings (SSSR count). The van der Waals surface area contributed by atoms with Crippen molar-refractivity contribution in [1.82, 2.24) is 18.9 Å². The molecule has 0 amide bonds.